The smallest absolute Gasteiger partial charge is 0.129 e. The molecule has 0 unspecified atom stereocenters. The van der Waals surface area contributed by atoms with Gasteiger partial charge in [-0.25, -0.2) is 0 Å². The summed E-state index contributed by atoms with van der Waals surface area (Å²) in [5.41, 5.74) is 0.348. The molecule has 0 amide bonds. The molecule has 1 aromatic rings. The lowest BCUT2D eigenvalue weighted by Gasteiger charge is -2.58. The molecule has 4 heteroatoms. The second-order valence-electron chi connectivity index (χ2n) is 6.43. The standard InChI is InChI=1S/C17H27NO3/c1-2-20-16-10-15(17(16)8-4-3-5-9-17)18-11-13-6-7-14(12-19)21-13/h6-7,15-16,18-19H,2-5,8-12H2,1H3/t15-,16+/m0/s1. The average molecular weight is 293 g/mol. The summed E-state index contributed by atoms with van der Waals surface area (Å²) >= 11 is 0. The summed E-state index contributed by atoms with van der Waals surface area (Å²) in [5.74, 6) is 1.55. The molecular formula is C17H27NO3. The van der Waals surface area contributed by atoms with Crippen LogP contribution in [0.2, 0.25) is 0 Å². The van der Waals surface area contributed by atoms with Gasteiger partial charge in [0.2, 0.25) is 0 Å². The maximum absolute atomic E-state index is 9.05. The van der Waals surface area contributed by atoms with Crippen LogP contribution in [0.15, 0.2) is 16.5 Å². The maximum Gasteiger partial charge on any atom is 0.129 e. The number of ether oxygens (including phenoxy) is 1. The quantitative estimate of drug-likeness (QED) is 0.846. The molecule has 2 atom stereocenters. The molecule has 1 heterocycles. The highest BCUT2D eigenvalue weighted by atomic mass is 16.5. The van der Waals surface area contributed by atoms with Crippen molar-refractivity contribution in [1.82, 2.24) is 5.32 Å². The van der Waals surface area contributed by atoms with E-state index in [9.17, 15) is 0 Å². The van der Waals surface area contributed by atoms with E-state index >= 15 is 0 Å². The zero-order valence-corrected chi connectivity index (χ0v) is 12.9. The number of hydrogen-bond donors (Lipinski definition) is 2. The monoisotopic (exact) mass is 293 g/mol. The van der Waals surface area contributed by atoms with Crippen LogP contribution in [0.4, 0.5) is 0 Å². The van der Waals surface area contributed by atoms with Crippen molar-refractivity contribution in [2.75, 3.05) is 6.61 Å². The fourth-order valence-electron chi connectivity index (χ4n) is 4.18. The lowest BCUT2D eigenvalue weighted by Crippen LogP contribution is -2.64. The summed E-state index contributed by atoms with van der Waals surface area (Å²) in [5, 5.41) is 12.7. The molecule has 21 heavy (non-hydrogen) atoms. The highest BCUT2D eigenvalue weighted by Crippen LogP contribution is 2.53. The molecule has 2 fully saturated rings. The normalized spacial score (nSPS) is 27.7. The van der Waals surface area contributed by atoms with Crippen molar-refractivity contribution in [3.63, 3.8) is 0 Å². The highest BCUT2D eigenvalue weighted by Gasteiger charge is 2.55. The average Bonchev–Trinajstić information content (AvgIpc) is 2.99. The molecule has 2 aliphatic rings. The van der Waals surface area contributed by atoms with Gasteiger partial charge in [0.1, 0.15) is 18.1 Å². The van der Waals surface area contributed by atoms with Gasteiger partial charge in [0.25, 0.3) is 0 Å². The molecule has 1 spiro atoms. The van der Waals surface area contributed by atoms with Crippen LogP contribution in [0.1, 0.15) is 57.0 Å². The topological polar surface area (TPSA) is 54.6 Å². The van der Waals surface area contributed by atoms with Crippen LogP contribution in [0.5, 0.6) is 0 Å². The molecule has 0 bridgehead atoms. The Morgan fingerprint density at radius 3 is 2.71 bits per heavy atom. The van der Waals surface area contributed by atoms with Crippen LogP contribution in [-0.2, 0) is 17.9 Å². The molecule has 0 saturated heterocycles. The van der Waals surface area contributed by atoms with Gasteiger partial charge in [0, 0.05) is 18.1 Å². The van der Waals surface area contributed by atoms with Gasteiger partial charge in [0.15, 0.2) is 0 Å². The summed E-state index contributed by atoms with van der Waals surface area (Å²) < 4.78 is 11.5. The number of rotatable bonds is 6. The molecule has 118 valence electrons. The zero-order valence-electron chi connectivity index (χ0n) is 12.9. The van der Waals surface area contributed by atoms with Crippen molar-refractivity contribution in [1.29, 1.82) is 0 Å². The fourth-order valence-corrected chi connectivity index (χ4v) is 4.18. The van der Waals surface area contributed by atoms with E-state index in [2.05, 4.69) is 12.2 Å². The first-order chi connectivity index (χ1) is 10.3. The zero-order chi connectivity index (χ0) is 14.7. The van der Waals surface area contributed by atoms with Gasteiger partial charge in [-0.1, -0.05) is 19.3 Å². The Balaban J connectivity index is 1.59. The third-order valence-corrected chi connectivity index (χ3v) is 5.33. The van der Waals surface area contributed by atoms with Crippen LogP contribution >= 0.6 is 0 Å². The van der Waals surface area contributed by atoms with Crippen molar-refractivity contribution in [3.8, 4) is 0 Å². The minimum atomic E-state index is -0.0280. The molecular weight excluding hydrogens is 266 g/mol. The molecule has 2 N–H and O–H groups in total. The Hall–Kier alpha value is -0.840. The molecule has 1 aromatic heterocycles. The highest BCUT2D eigenvalue weighted by molar-refractivity contribution is 5.11. The van der Waals surface area contributed by atoms with Crippen molar-refractivity contribution in [3.05, 3.63) is 23.7 Å². The van der Waals surface area contributed by atoms with Gasteiger partial charge in [-0.05, 0) is 38.3 Å². The fraction of sp³-hybridized carbons (Fsp3) is 0.765. The molecule has 0 radical (unpaired) electrons. The largest absolute Gasteiger partial charge is 0.462 e. The first-order valence-corrected chi connectivity index (χ1v) is 8.32. The van der Waals surface area contributed by atoms with Gasteiger partial charge < -0.3 is 19.6 Å². The van der Waals surface area contributed by atoms with Gasteiger partial charge >= 0.3 is 0 Å². The Bertz CT molecular complexity index is 451. The number of nitrogens with one attached hydrogen (secondary N) is 1. The molecule has 2 saturated carbocycles. The molecule has 3 rings (SSSR count). The van der Waals surface area contributed by atoms with Gasteiger partial charge in [-0.15, -0.1) is 0 Å². The molecule has 4 nitrogen and oxygen atoms in total. The van der Waals surface area contributed by atoms with Crippen LogP contribution in [-0.4, -0.2) is 23.9 Å². The predicted octanol–water partition coefficient (Wildman–Crippen LogP) is 2.99. The minimum absolute atomic E-state index is 0.0280. The minimum Gasteiger partial charge on any atom is -0.462 e. The summed E-state index contributed by atoms with van der Waals surface area (Å²) in [6.45, 7) is 3.62. The maximum atomic E-state index is 9.05. The van der Waals surface area contributed by atoms with E-state index in [0.29, 0.717) is 23.3 Å². The van der Waals surface area contributed by atoms with E-state index in [1.165, 1.54) is 32.1 Å². The summed E-state index contributed by atoms with van der Waals surface area (Å²) in [4.78, 5) is 0. The summed E-state index contributed by atoms with van der Waals surface area (Å²) in [7, 11) is 0. The SMILES string of the molecule is CCO[C@@H]1C[C@H](NCc2ccc(CO)o2)C12CCCCC2. The number of hydrogen-bond acceptors (Lipinski definition) is 4. The first kappa shape index (κ1) is 15.1. The van der Waals surface area contributed by atoms with Crippen LogP contribution in [0.3, 0.4) is 0 Å². The lowest BCUT2D eigenvalue weighted by molar-refractivity contribution is -0.150. The third-order valence-electron chi connectivity index (χ3n) is 5.33. The van der Waals surface area contributed by atoms with Gasteiger partial charge in [0.05, 0.1) is 12.6 Å². The molecule has 0 aromatic carbocycles. The van der Waals surface area contributed by atoms with E-state index in [4.69, 9.17) is 14.3 Å². The summed E-state index contributed by atoms with van der Waals surface area (Å²) in [6, 6.07) is 4.33. The summed E-state index contributed by atoms with van der Waals surface area (Å²) in [6.07, 6.45) is 8.15. The van der Waals surface area contributed by atoms with Crippen LogP contribution < -0.4 is 5.32 Å². The number of aliphatic hydroxyl groups excluding tert-OH is 1. The van der Waals surface area contributed by atoms with E-state index in [1.807, 2.05) is 12.1 Å². The van der Waals surface area contributed by atoms with Crippen molar-refractivity contribution >= 4 is 0 Å². The first-order valence-electron chi connectivity index (χ1n) is 8.32. The lowest BCUT2D eigenvalue weighted by atomic mass is 9.55. The van der Waals surface area contributed by atoms with E-state index < -0.39 is 0 Å². The Morgan fingerprint density at radius 1 is 1.29 bits per heavy atom. The molecule has 2 aliphatic carbocycles. The third kappa shape index (κ3) is 2.89. The van der Waals surface area contributed by atoms with E-state index in [1.54, 1.807) is 0 Å². The number of aliphatic hydroxyl groups is 1. The molecule has 0 aliphatic heterocycles. The second kappa shape index (κ2) is 6.51. The van der Waals surface area contributed by atoms with Gasteiger partial charge in [-0.3, -0.25) is 0 Å². The van der Waals surface area contributed by atoms with Crippen LogP contribution in [0.25, 0.3) is 0 Å². The van der Waals surface area contributed by atoms with Crippen molar-refractivity contribution in [2.45, 2.75) is 70.7 Å². The second-order valence-corrected chi connectivity index (χ2v) is 6.43. The van der Waals surface area contributed by atoms with Gasteiger partial charge in [-0.2, -0.15) is 0 Å². The van der Waals surface area contributed by atoms with Crippen molar-refractivity contribution < 1.29 is 14.3 Å². The van der Waals surface area contributed by atoms with Crippen molar-refractivity contribution in [2.24, 2.45) is 5.41 Å². The predicted molar refractivity (Wildman–Crippen MR) is 80.8 cm³/mol. The Morgan fingerprint density at radius 2 is 2.05 bits per heavy atom. The van der Waals surface area contributed by atoms with E-state index in [-0.39, 0.29) is 6.61 Å². The van der Waals surface area contributed by atoms with Crippen LogP contribution in [0, 0.1) is 5.41 Å². The Kier molecular flexibility index (Phi) is 4.67. The Labute approximate surface area is 126 Å². The number of furan rings is 1. The van der Waals surface area contributed by atoms with E-state index in [0.717, 1.165) is 25.3 Å².